The first-order valence-electron chi connectivity index (χ1n) is 4.54. The fourth-order valence-electron chi connectivity index (χ4n) is 1.12. The minimum absolute atomic E-state index is 0.300. The minimum Gasteiger partial charge on any atom is -0.383 e. The molecule has 0 radical (unpaired) electrons. The third kappa shape index (κ3) is 3.79. The molecular formula is C10H11ClF3NS. The molecular weight excluding hydrogens is 259 g/mol. The number of benzene rings is 1. The average molecular weight is 270 g/mol. The van der Waals surface area contributed by atoms with E-state index in [9.17, 15) is 13.2 Å². The van der Waals surface area contributed by atoms with E-state index in [2.05, 4.69) is 5.32 Å². The van der Waals surface area contributed by atoms with Gasteiger partial charge in [0.1, 0.15) is 0 Å². The summed E-state index contributed by atoms with van der Waals surface area (Å²) in [6, 6.07) is 3.26. The number of alkyl halides is 3. The molecule has 0 spiro atoms. The second kappa shape index (κ2) is 5.68. The van der Waals surface area contributed by atoms with Crippen LogP contribution in [0.15, 0.2) is 18.2 Å². The molecule has 0 saturated carbocycles. The van der Waals surface area contributed by atoms with Gasteiger partial charge in [0.15, 0.2) is 0 Å². The zero-order valence-electron chi connectivity index (χ0n) is 8.57. The molecule has 0 aliphatic heterocycles. The summed E-state index contributed by atoms with van der Waals surface area (Å²) in [5, 5.41) is 3.17. The Kier molecular flexibility index (Phi) is 4.80. The van der Waals surface area contributed by atoms with Crippen LogP contribution in [0.5, 0.6) is 0 Å². The van der Waals surface area contributed by atoms with Gasteiger partial charge in [-0.2, -0.15) is 24.9 Å². The largest absolute Gasteiger partial charge is 0.416 e. The number of rotatable bonds is 4. The van der Waals surface area contributed by atoms with Crippen LogP contribution < -0.4 is 5.32 Å². The number of nitrogens with one attached hydrogen (secondary N) is 1. The monoisotopic (exact) mass is 269 g/mol. The van der Waals surface area contributed by atoms with Gasteiger partial charge in [0.05, 0.1) is 16.3 Å². The third-order valence-electron chi connectivity index (χ3n) is 1.92. The molecule has 90 valence electrons. The highest BCUT2D eigenvalue weighted by atomic mass is 35.5. The molecule has 0 aromatic heterocycles. The van der Waals surface area contributed by atoms with Crippen LogP contribution in [-0.4, -0.2) is 18.6 Å². The fourth-order valence-corrected chi connectivity index (χ4v) is 1.62. The maximum absolute atomic E-state index is 12.4. The molecule has 0 saturated heterocycles. The van der Waals surface area contributed by atoms with Crippen LogP contribution in [0.3, 0.4) is 0 Å². The summed E-state index contributed by atoms with van der Waals surface area (Å²) in [5.41, 5.74) is -0.367. The van der Waals surface area contributed by atoms with Crippen LogP contribution in [-0.2, 0) is 6.18 Å². The predicted octanol–water partition coefficient (Wildman–Crippen LogP) is 4.13. The van der Waals surface area contributed by atoms with E-state index in [1.54, 1.807) is 11.8 Å². The Bertz CT molecular complexity index is 354. The molecule has 6 heteroatoms. The van der Waals surface area contributed by atoms with Crippen LogP contribution >= 0.6 is 23.4 Å². The lowest BCUT2D eigenvalue weighted by atomic mass is 10.2. The zero-order valence-corrected chi connectivity index (χ0v) is 10.1. The highest BCUT2D eigenvalue weighted by Gasteiger charge is 2.30. The number of thioether (sulfide) groups is 1. The lowest BCUT2D eigenvalue weighted by Gasteiger charge is -2.11. The van der Waals surface area contributed by atoms with Crippen molar-refractivity contribution in [2.24, 2.45) is 0 Å². The van der Waals surface area contributed by atoms with Crippen LogP contribution in [0, 0.1) is 0 Å². The molecule has 1 aromatic rings. The van der Waals surface area contributed by atoms with E-state index in [0.29, 0.717) is 17.3 Å². The summed E-state index contributed by atoms with van der Waals surface area (Å²) in [7, 11) is 0. The Labute approximate surface area is 101 Å². The molecule has 0 aliphatic carbocycles. The topological polar surface area (TPSA) is 12.0 Å². The first-order chi connectivity index (χ1) is 7.45. The number of hydrogen-bond donors (Lipinski definition) is 1. The first-order valence-corrected chi connectivity index (χ1v) is 6.32. The third-order valence-corrected chi connectivity index (χ3v) is 2.86. The van der Waals surface area contributed by atoms with Crippen LogP contribution in [0.2, 0.25) is 5.02 Å². The van der Waals surface area contributed by atoms with E-state index < -0.39 is 11.7 Å². The Morgan fingerprint density at radius 3 is 2.62 bits per heavy atom. The van der Waals surface area contributed by atoms with Gasteiger partial charge in [-0.15, -0.1) is 0 Å². The van der Waals surface area contributed by atoms with Crippen molar-refractivity contribution in [1.29, 1.82) is 0 Å². The van der Waals surface area contributed by atoms with Gasteiger partial charge in [0.25, 0.3) is 0 Å². The first kappa shape index (κ1) is 13.5. The van der Waals surface area contributed by atoms with Crippen molar-refractivity contribution in [1.82, 2.24) is 0 Å². The van der Waals surface area contributed by atoms with Crippen LogP contribution in [0.1, 0.15) is 5.56 Å². The van der Waals surface area contributed by atoms with E-state index in [-0.39, 0.29) is 0 Å². The summed E-state index contributed by atoms with van der Waals surface area (Å²) in [6.45, 7) is 0.586. The average Bonchev–Trinajstić information content (AvgIpc) is 2.19. The Balaban J connectivity index is 2.83. The van der Waals surface area contributed by atoms with Crippen molar-refractivity contribution in [3.63, 3.8) is 0 Å². The van der Waals surface area contributed by atoms with Gasteiger partial charge in [0.2, 0.25) is 0 Å². The molecule has 1 aromatic carbocycles. The van der Waals surface area contributed by atoms with E-state index in [4.69, 9.17) is 11.6 Å². The van der Waals surface area contributed by atoms with E-state index in [1.165, 1.54) is 6.07 Å². The molecule has 1 N–H and O–H groups in total. The molecule has 1 rings (SSSR count). The van der Waals surface area contributed by atoms with Crippen molar-refractivity contribution in [3.05, 3.63) is 28.8 Å². The highest BCUT2D eigenvalue weighted by molar-refractivity contribution is 7.98. The van der Waals surface area contributed by atoms with Crippen molar-refractivity contribution in [2.75, 3.05) is 23.9 Å². The molecule has 0 unspecified atom stereocenters. The second-order valence-corrected chi connectivity index (χ2v) is 4.50. The van der Waals surface area contributed by atoms with E-state index in [0.717, 1.165) is 17.9 Å². The molecule has 0 amide bonds. The predicted molar refractivity (Wildman–Crippen MR) is 63.3 cm³/mol. The highest BCUT2D eigenvalue weighted by Crippen LogP contribution is 2.33. The molecule has 0 heterocycles. The van der Waals surface area contributed by atoms with Gasteiger partial charge in [-0.3, -0.25) is 0 Å². The van der Waals surface area contributed by atoms with Gasteiger partial charge < -0.3 is 5.32 Å². The molecule has 1 nitrogen and oxygen atoms in total. The number of anilines is 1. The molecule has 0 bridgehead atoms. The van der Waals surface area contributed by atoms with E-state index in [1.807, 2.05) is 6.26 Å². The van der Waals surface area contributed by atoms with Crippen LogP contribution in [0.4, 0.5) is 18.9 Å². The normalized spacial score (nSPS) is 11.6. The van der Waals surface area contributed by atoms with Crippen LogP contribution in [0.25, 0.3) is 0 Å². The smallest absolute Gasteiger partial charge is 0.383 e. The Hall–Kier alpha value is -0.550. The standard InChI is InChI=1S/C10H11ClF3NS/c1-16-5-4-15-9-6-7(10(12,13)14)2-3-8(9)11/h2-3,6,15H,4-5H2,1H3. The zero-order chi connectivity index (χ0) is 12.2. The maximum atomic E-state index is 12.4. The lowest BCUT2D eigenvalue weighted by molar-refractivity contribution is -0.137. The van der Waals surface area contributed by atoms with Crippen molar-refractivity contribution in [3.8, 4) is 0 Å². The van der Waals surface area contributed by atoms with Gasteiger partial charge >= 0.3 is 6.18 Å². The minimum atomic E-state index is -4.33. The van der Waals surface area contributed by atoms with Gasteiger partial charge in [-0.25, -0.2) is 0 Å². The van der Waals surface area contributed by atoms with Gasteiger partial charge in [-0.05, 0) is 24.5 Å². The summed E-state index contributed by atoms with van der Waals surface area (Å²) >= 11 is 7.40. The Morgan fingerprint density at radius 1 is 1.38 bits per heavy atom. The fraction of sp³-hybridized carbons (Fsp3) is 0.400. The van der Waals surface area contributed by atoms with Gasteiger partial charge in [0, 0.05) is 12.3 Å². The van der Waals surface area contributed by atoms with E-state index >= 15 is 0 Å². The molecule has 0 fully saturated rings. The quantitative estimate of drug-likeness (QED) is 0.825. The summed E-state index contributed by atoms with van der Waals surface area (Å²) in [6.07, 6.45) is -2.41. The summed E-state index contributed by atoms with van der Waals surface area (Å²) in [5.74, 6) is 0.812. The lowest BCUT2D eigenvalue weighted by Crippen LogP contribution is -2.08. The van der Waals surface area contributed by atoms with Gasteiger partial charge in [-0.1, -0.05) is 11.6 Å². The summed E-state index contributed by atoms with van der Waals surface area (Å²) in [4.78, 5) is 0. The second-order valence-electron chi connectivity index (χ2n) is 3.11. The number of hydrogen-bond acceptors (Lipinski definition) is 2. The SMILES string of the molecule is CSCCNc1cc(C(F)(F)F)ccc1Cl. The Morgan fingerprint density at radius 2 is 2.06 bits per heavy atom. The molecule has 16 heavy (non-hydrogen) atoms. The van der Waals surface area contributed by atoms with Crippen molar-refractivity contribution < 1.29 is 13.2 Å². The molecule has 0 aliphatic rings. The maximum Gasteiger partial charge on any atom is 0.416 e. The van der Waals surface area contributed by atoms with Crippen molar-refractivity contribution in [2.45, 2.75) is 6.18 Å². The van der Waals surface area contributed by atoms with Crippen molar-refractivity contribution >= 4 is 29.1 Å². The molecule has 0 atom stereocenters. The summed E-state index contributed by atoms with van der Waals surface area (Å²) < 4.78 is 37.2. The number of halogens is 4.